The molecule has 2 aliphatic heterocycles. The first-order valence-corrected chi connectivity index (χ1v) is 12.0. The molecular weight excluding hydrogens is 419 g/mol. The van der Waals surface area contributed by atoms with E-state index < -0.39 is 6.10 Å². The van der Waals surface area contributed by atoms with E-state index in [-0.39, 0.29) is 29.6 Å². The van der Waals surface area contributed by atoms with Gasteiger partial charge >= 0.3 is 0 Å². The molecule has 0 saturated carbocycles. The van der Waals surface area contributed by atoms with Gasteiger partial charge in [0.2, 0.25) is 5.91 Å². The second kappa shape index (κ2) is 9.94. The second-order valence-corrected chi connectivity index (χ2v) is 9.55. The summed E-state index contributed by atoms with van der Waals surface area (Å²) in [6, 6.07) is 11.9. The van der Waals surface area contributed by atoms with Gasteiger partial charge in [0.1, 0.15) is 11.6 Å². The number of carbonyl (C=O) groups is 2. The van der Waals surface area contributed by atoms with Gasteiger partial charge in [-0.1, -0.05) is 32.0 Å². The number of nitrogens with zero attached hydrogens (tertiary/aromatic N) is 2. The summed E-state index contributed by atoms with van der Waals surface area (Å²) in [4.78, 5) is 29.6. The first-order valence-electron chi connectivity index (χ1n) is 12.0. The molecule has 2 aromatic rings. The molecule has 2 atom stereocenters. The maximum Gasteiger partial charge on any atom is 0.263 e. The van der Waals surface area contributed by atoms with Crippen LogP contribution in [0.25, 0.3) is 0 Å². The number of fused-ring (bicyclic) bond motifs is 1. The summed E-state index contributed by atoms with van der Waals surface area (Å²) in [5.74, 6) is 0.565. The van der Waals surface area contributed by atoms with E-state index in [0.717, 1.165) is 49.0 Å². The molecule has 6 heteroatoms. The molecule has 176 valence electrons. The number of benzene rings is 2. The highest BCUT2D eigenvalue weighted by molar-refractivity contribution is 5.81. The monoisotopic (exact) mass is 452 g/mol. The number of likely N-dealkylation sites (tertiary alicyclic amines) is 1. The Hall–Kier alpha value is -2.89. The summed E-state index contributed by atoms with van der Waals surface area (Å²) >= 11 is 0. The van der Waals surface area contributed by atoms with Crippen molar-refractivity contribution in [2.24, 2.45) is 5.92 Å². The smallest absolute Gasteiger partial charge is 0.263 e. The van der Waals surface area contributed by atoms with Gasteiger partial charge in [-0.2, -0.15) is 0 Å². The fraction of sp³-hybridized carbons (Fsp3) is 0.481. The van der Waals surface area contributed by atoms with Crippen molar-refractivity contribution >= 4 is 11.8 Å². The standard InChI is InChI=1S/C27H33FN2O3/c1-18(2)15-25(31)30-14-11-20-9-10-23(33-19(3)27(32)29-12-4-5-13-29)17-24(20)26(30)21-7-6-8-22(28)16-21/h6-10,16-19,26H,4-5,11-15H2,1-3H3/t19-,26+/m0/s1. The first-order chi connectivity index (χ1) is 15.8. The number of rotatable bonds is 6. The number of hydrogen-bond donors (Lipinski definition) is 0. The average Bonchev–Trinajstić information content (AvgIpc) is 3.32. The predicted octanol–water partition coefficient (Wildman–Crippen LogP) is 4.74. The Kier molecular flexibility index (Phi) is 7.01. The van der Waals surface area contributed by atoms with Crippen LogP contribution in [-0.2, 0) is 16.0 Å². The minimum absolute atomic E-state index is 0.000592. The van der Waals surface area contributed by atoms with Crippen LogP contribution < -0.4 is 4.74 Å². The van der Waals surface area contributed by atoms with Crippen molar-refractivity contribution in [1.82, 2.24) is 9.80 Å². The Morgan fingerprint density at radius 2 is 1.82 bits per heavy atom. The van der Waals surface area contributed by atoms with Crippen LogP contribution in [0.2, 0.25) is 0 Å². The summed E-state index contributed by atoms with van der Waals surface area (Å²) in [6.07, 6.45) is 2.66. The van der Waals surface area contributed by atoms with Crippen LogP contribution in [0, 0.1) is 11.7 Å². The molecule has 0 aromatic heterocycles. The second-order valence-electron chi connectivity index (χ2n) is 9.55. The molecule has 1 saturated heterocycles. The van der Waals surface area contributed by atoms with E-state index >= 15 is 0 Å². The topological polar surface area (TPSA) is 49.9 Å². The Balaban J connectivity index is 1.65. The molecule has 2 amide bonds. The molecule has 0 unspecified atom stereocenters. The van der Waals surface area contributed by atoms with Gasteiger partial charge in [0.15, 0.2) is 6.10 Å². The van der Waals surface area contributed by atoms with Gasteiger partial charge in [0, 0.05) is 26.1 Å². The van der Waals surface area contributed by atoms with E-state index in [2.05, 4.69) is 0 Å². The van der Waals surface area contributed by atoms with Gasteiger partial charge in [-0.3, -0.25) is 9.59 Å². The molecule has 5 nitrogen and oxygen atoms in total. The highest BCUT2D eigenvalue weighted by Gasteiger charge is 2.33. The average molecular weight is 453 g/mol. The van der Waals surface area contributed by atoms with Gasteiger partial charge in [0.05, 0.1) is 6.04 Å². The molecule has 0 spiro atoms. The Bertz CT molecular complexity index is 1020. The van der Waals surface area contributed by atoms with Gasteiger partial charge in [-0.05, 0) is 73.1 Å². The highest BCUT2D eigenvalue weighted by atomic mass is 19.1. The van der Waals surface area contributed by atoms with E-state index in [1.807, 2.05) is 47.9 Å². The van der Waals surface area contributed by atoms with Crippen molar-refractivity contribution in [2.45, 2.75) is 58.6 Å². The number of hydrogen-bond acceptors (Lipinski definition) is 3. The van der Waals surface area contributed by atoms with Crippen LogP contribution in [0.15, 0.2) is 42.5 Å². The van der Waals surface area contributed by atoms with Crippen molar-refractivity contribution in [3.05, 3.63) is 65.0 Å². The quantitative estimate of drug-likeness (QED) is 0.636. The zero-order chi connectivity index (χ0) is 23.5. The normalized spacial score (nSPS) is 18.9. The van der Waals surface area contributed by atoms with Gasteiger partial charge in [-0.15, -0.1) is 0 Å². The number of halogens is 1. The summed E-state index contributed by atoms with van der Waals surface area (Å²) in [7, 11) is 0. The highest BCUT2D eigenvalue weighted by Crippen LogP contribution is 2.38. The minimum Gasteiger partial charge on any atom is -0.481 e. The summed E-state index contributed by atoms with van der Waals surface area (Å²) in [5.41, 5.74) is 2.79. The van der Waals surface area contributed by atoms with Gasteiger partial charge in [0.25, 0.3) is 5.91 Å². The Morgan fingerprint density at radius 3 is 2.52 bits per heavy atom. The molecule has 33 heavy (non-hydrogen) atoms. The van der Waals surface area contributed by atoms with Gasteiger partial charge in [-0.25, -0.2) is 4.39 Å². The van der Waals surface area contributed by atoms with Crippen molar-refractivity contribution in [3.8, 4) is 5.75 Å². The van der Waals surface area contributed by atoms with Crippen LogP contribution in [0.1, 0.15) is 62.8 Å². The molecule has 2 heterocycles. The van der Waals surface area contributed by atoms with Crippen molar-refractivity contribution < 1.29 is 18.7 Å². The van der Waals surface area contributed by atoms with Crippen LogP contribution in [0.4, 0.5) is 4.39 Å². The fourth-order valence-corrected chi connectivity index (χ4v) is 4.89. The third kappa shape index (κ3) is 5.21. The van der Waals surface area contributed by atoms with Gasteiger partial charge < -0.3 is 14.5 Å². The van der Waals surface area contributed by atoms with Crippen LogP contribution >= 0.6 is 0 Å². The molecule has 0 N–H and O–H groups in total. The van der Waals surface area contributed by atoms with E-state index in [1.54, 1.807) is 13.0 Å². The maximum absolute atomic E-state index is 14.2. The molecule has 0 bridgehead atoms. The molecule has 0 radical (unpaired) electrons. The lowest BCUT2D eigenvalue weighted by Crippen LogP contribution is -2.41. The van der Waals surface area contributed by atoms with Crippen LogP contribution in [0.5, 0.6) is 5.75 Å². The molecule has 0 aliphatic carbocycles. The SMILES string of the molecule is CC(C)CC(=O)N1CCc2ccc(O[C@@H](C)C(=O)N3CCCC3)cc2[C@H]1c1cccc(F)c1. The lowest BCUT2D eigenvalue weighted by molar-refractivity contribution is -0.136. The third-order valence-electron chi connectivity index (χ3n) is 6.49. The molecule has 2 aliphatic rings. The number of carbonyl (C=O) groups excluding carboxylic acids is 2. The first kappa shape index (κ1) is 23.3. The zero-order valence-electron chi connectivity index (χ0n) is 19.7. The Morgan fingerprint density at radius 1 is 1.06 bits per heavy atom. The van der Waals surface area contributed by atoms with E-state index in [0.29, 0.717) is 18.7 Å². The molecule has 4 rings (SSSR count). The molecular formula is C27H33FN2O3. The van der Waals surface area contributed by atoms with Crippen molar-refractivity contribution in [1.29, 1.82) is 0 Å². The lowest BCUT2D eigenvalue weighted by atomic mass is 9.87. The van der Waals surface area contributed by atoms with Crippen molar-refractivity contribution in [3.63, 3.8) is 0 Å². The zero-order valence-corrected chi connectivity index (χ0v) is 19.7. The largest absolute Gasteiger partial charge is 0.481 e. The van der Waals surface area contributed by atoms with Crippen LogP contribution in [-0.4, -0.2) is 47.4 Å². The maximum atomic E-state index is 14.2. The van der Waals surface area contributed by atoms with E-state index in [4.69, 9.17) is 4.74 Å². The molecule has 2 aromatic carbocycles. The predicted molar refractivity (Wildman–Crippen MR) is 125 cm³/mol. The third-order valence-corrected chi connectivity index (χ3v) is 6.49. The van der Waals surface area contributed by atoms with E-state index in [9.17, 15) is 14.0 Å². The lowest BCUT2D eigenvalue weighted by Gasteiger charge is -2.38. The minimum atomic E-state index is -0.587. The fourth-order valence-electron chi connectivity index (χ4n) is 4.89. The van der Waals surface area contributed by atoms with E-state index in [1.165, 1.54) is 12.1 Å². The van der Waals surface area contributed by atoms with Crippen LogP contribution in [0.3, 0.4) is 0 Å². The van der Waals surface area contributed by atoms with Crippen molar-refractivity contribution in [2.75, 3.05) is 19.6 Å². The summed E-state index contributed by atoms with van der Waals surface area (Å²) in [5, 5.41) is 0. The summed E-state index contributed by atoms with van der Waals surface area (Å²) < 4.78 is 20.2. The number of ether oxygens (including phenoxy) is 1. The Labute approximate surface area is 195 Å². The summed E-state index contributed by atoms with van der Waals surface area (Å²) in [6.45, 7) is 7.98. The molecule has 1 fully saturated rings. The number of amides is 2.